The van der Waals surface area contributed by atoms with Crippen LogP contribution in [0.3, 0.4) is 0 Å². The van der Waals surface area contributed by atoms with E-state index in [1.165, 1.54) is 17.2 Å². The Kier molecular flexibility index (Phi) is 6.73. The number of amides is 1. The number of hydrogen-bond donors (Lipinski definition) is 1. The van der Waals surface area contributed by atoms with E-state index in [0.29, 0.717) is 5.56 Å². The van der Waals surface area contributed by atoms with Crippen LogP contribution in [0.5, 0.6) is 0 Å². The zero-order valence-corrected chi connectivity index (χ0v) is 15.6. The quantitative estimate of drug-likeness (QED) is 0.436. The van der Waals surface area contributed by atoms with Gasteiger partial charge in [0.25, 0.3) is 0 Å². The van der Waals surface area contributed by atoms with Gasteiger partial charge in [-0.15, -0.1) is 0 Å². The van der Waals surface area contributed by atoms with Crippen LogP contribution in [-0.2, 0) is 27.2 Å². The average molecular weight is 377 g/mol. The monoisotopic (exact) mass is 377 g/mol. The molecule has 0 bridgehead atoms. The number of benzene rings is 2. The second kappa shape index (κ2) is 9.65. The van der Waals surface area contributed by atoms with E-state index in [0.717, 1.165) is 24.8 Å². The van der Waals surface area contributed by atoms with E-state index in [4.69, 9.17) is 4.74 Å². The summed E-state index contributed by atoms with van der Waals surface area (Å²) in [5.41, 5.74) is 4.00. The third kappa shape index (κ3) is 5.64. The fraction of sp³-hybridized carbons (Fsp3) is 0.261. The highest BCUT2D eigenvalue weighted by molar-refractivity contribution is 5.98. The first-order valence-corrected chi connectivity index (χ1v) is 9.43. The summed E-state index contributed by atoms with van der Waals surface area (Å²) in [6.45, 7) is -0.122. The molecule has 0 radical (unpaired) electrons. The predicted octanol–water partition coefficient (Wildman–Crippen LogP) is 3.12. The number of esters is 1. The number of hydrogen-bond acceptors (Lipinski definition) is 4. The lowest BCUT2D eigenvalue weighted by Gasteiger charge is -2.06. The molecule has 0 heterocycles. The van der Waals surface area contributed by atoms with Crippen LogP contribution in [0.2, 0.25) is 0 Å². The molecule has 0 saturated heterocycles. The third-order valence-electron chi connectivity index (χ3n) is 4.64. The van der Waals surface area contributed by atoms with Gasteiger partial charge in [-0.1, -0.05) is 42.5 Å². The molecular formula is C23H23NO4. The molecule has 144 valence electrons. The molecule has 28 heavy (non-hydrogen) atoms. The summed E-state index contributed by atoms with van der Waals surface area (Å²) in [6.07, 6.45) is 6.30. The average Bonchev–Trinajstić information content (AvgIpc) is 3.19. The predicted molar refractivity (Wildman–Crippen MR) is 107 cm³/mol. The maximum Gasteiger partial charge on any atom is 0.308 e. The van der Waals surface area contributed by atoms with Crippen LogP contribution in [0.25, 0.3) is 6.08 Å². The van der Waals surface area contributed by atoms with Gasteiger partial charge in [-0.2, -0.15) is 0 Å². The molecule has 1 N–H and O–H groups in total. The Morgan fingerprint density at radius 3 is 2.61 bits per heavy atom. The van der Waals surface area contributed by atoms with Crippen LogP contribution in [0.1, 0.15) is 39.9 Å². The Morgan fingerprint density at radius 1 is 1.00 bits per heavy atom. The van der Waals surface area contributed by atoms with E-state index in [2.05, 4.69) is 5.32 Å². The van der Waals surface area contributed by atoms with Gasteiger partial charge in [0, 0.05) is 18.2 Å². The van der Waals surface area contributed by atoms with Gasteiger partial charge in [0.1, 0.15) is 0 Å². The van der Waals surface area contributed by atoms with Crippen LogP contribution in [0.4, 0.5) is 0 Å². The van der Waals surface area contributed by atoms with Gasteiger partial charge in [-0.05, 0) is 48.1 Å². The van der Waals surface area contributed by atoms with Crippen molar-refractivity contribution >= 4 is 23.7 Å². The summed E-state index contributed by atoms with van der Waals surface area (Å²) >= 11 is 0. The van der Waals surface area contributed by atoms with Crippen molar-refractivity contribution in [1.82, 2.24) is 5.32 Å². The normalized spacial score (nSPS) is 12.6. The van der Waals surface area contributed by atoms with Crippen molar-refractivity contribution in [3.8, 4) is 0 Å². The van der Waals surface area contributed by atoms with Gasteiger partial charge >= 0.3 is 5.97 Å². The lowest BCUT2D eigenvalue weighted by molar-refractivity contribution is -0.142. The lowest BCUT2D eigenvalue weighted by Crippen LogP contribution is -2.25. The summed E-state index contributed by atoms with van der Waals surface area (Å²) < 4.78 is 5.03. The molecule has 5 heteroatoms. The van der Waals surface area contributed by atoms with E-state index < -0.39 is 5.97 Å². The SMILES string of the molecule is O=C(/C=C/c1ccccc1)NCCC(=O)OCC(=O)c1ccc2c(c1)CCC2. The van der Waals surface area contributed by atoms with E-state index in [1.807, 2.05) is 42.5 Å². The maximum absolute atomic E-state index is 12.2. The molecule has 1 aliphatic carbocycles. The summed E-state index contributed by atoms with van der Waals surface area (Å²) in [7, 11) is 0. The summed E-state index contributed by atoms with van der Waals surface area (Å²) in [5, 5.41) is 2.62. The molecule has 2 aromatic rings. The van der Waals surface area contributed by atoms with E-state index in [1.54, 1.807) is 12.1 Å². The van der Waals surface area contributed by atoms with E-state index in [9.17, 15) is 14.4 Å². The minimum absolute atomic E-state index is 0.0163. The highest BCUT2D eigenvalue weighted by atomic mass is 16.5. The second-order valence-electron chi connectivity index (χ2n) is 6.71. The first-order chi connectivity index (χ1) is 13.6. The molecule has 0 aromatic heterocycles. The molecule has 0 aliphatic heterocycles. The largest absolute Gasteiger partial charge is 0.457 e. The zero-order valence-electron chi connectivity index (χ0n) is 15.6. The fourth-order valence-electron chi connectivity index (χ4n) is 3.13. The van der Waals surface area contributed by atoms with Crippen molar-refractivity contribution in [2.24, 2.45) is 0 Å². The number of fused-ring (bicyclic) bond motifs is 1. The van der Waals surface area contributed by atoms with Gasteiger partial charge < -0.3 is 10.1 Å². The number of carbonyl (C=O) groups is 3. The molecule has 0 atom stereocenters. The van der Waals surface area contributed by atoms with E-state index in [-0.39, 0.29) is 31.3 Å². The molecular weight excluding hydrogens is 354 g/mol. The van der Waals surface area contributed by atoms with Gasteiger partial charge in [-0.3, -0.25) is 14.4 Å². The number of nitrogens with one attached hydrogen (secondary N) is 1. The molecule has 3 rings (SSSR count). The highest BCUT2D eigenvalue weighted by Crippen LogP contribution is 2.23. The number of rotatable bonds is 8. The van der Waals surface area contributed by atoms with Crippen molar-refractivity contribution in [1.29, 1.82) is 0 Å². The Balaban J connectivity index is 1.36. The van der Waals surface area contributed by atoms with Crippen molar-refractivity contribution in [2.45, 2.75) is 25.7 Å². The molecule has 0 spiro atoms. The number of ether oxygens (including phenoxy) is 1. The van der Waals surface area contributed by atoms with Gasteiger partial charge in [-0.25, -0.2) is 0 Å². The van der Waals surface area contributed by atoms with Crippen molar-refractivity contribution in [3.05, 3.63) is 76.9 Å². The minimum Gasteiger partial charge on any atom is -0.457 e. The Labute approximate surface area is 164 Å². The molecule has 0 saturated carbocycles. The van der Waals surface area contributed by atoms with Crippen LogP contribution in [-0.4, -0.2) is 30.8 Å². The van der Waals surface area contributed by atoms with Gasteiger partial charge in [0.15, 0.2) is 12.4 Å². The lowest BCUT2D eigenvalue weighted by atomic mass is 10.0. The first-order valence-electron chi connectivity index (χ1n) is 9.43. The number of Topliss-reactive ketones (excluding diaryl/α,β-unsaturated/α-hetero) is 1. The Hall–Kier alpha value is -3.21. The Bertz CT molecular complexity index is 887. The summed E-state index contributed by atoms with van der Waals surface area (Å²) in [5.74, 6) is -1.01. The molecule has 1 aliphatic rings. The number of aryl methyl sites for hydroxylation is 2. The molecule has 2 aromatic carbocycles. The van der Waals surface area contributed by atoms with Crippen LogP contribution in [0, 0.1) is 0 Å². The molecule has 0 fully saturated rings. The van der Waals surface area contributed by atoms with Crippen molar-refractivity contribution < 1.29 is 19.1 Å². The molecule has 5 nitrogen and oxygen atoms in total. The highest BCUT2D eigenvalue weighted by Gasteiger charge is 2.15. The van der Waals surface area contributed by atoms with Gasteiger partial charge in [0.2, 0.25) is 5.91 Å². The van der Waals surface area contributed by atoms with Crippen molar-refractivity contribution in [2.75, 3.05) is 13.2 Å². The van der Waals surface area contributed by atoms with Crippen molar-refractivity contribution in [3.63, 3.8) is 0 Å². The standard InChI is InChI=1S/C23H23NO4/c25-21(20-11-10-18-7-4-8-19(18)15-20)16-28-23(27)13-14-24-22(26)12-9-17-5-2-1-3-6-17/h1-3,5-6,9-12,15H,4,7-8,13-14,16H2,(H,24,26)/b12-9+. The first kappa shape index (κ1) is 19.5. The fourth-order valence-corrected chi connectivity index (χ4v) is 3.13. The molecule has 0 unspecified atom stereocenters. The smallest absolute Gasteiger partial charge is 0.308 e. The van der Waals surface area contributed by atoms with Crippen LogP contribution >= 0.6 is 0 Å². The minimum atomic E-state index is -0.512. The summed E-state index contributed by atoms with van der Waals surface area (Å²) in [4.78, 5) is 35.7. The van der Waals surface area contributed by atoms with Crippen LogP contribution < -0.4 is 5.32 Å². The van der Waals surface area contributed by atoms with E-state index >= 15 is 0 Å². The second-order valence-corrected chi connectivity index (χ2v) is 6.71. The summed E-state index contributed by atoms with van der Waals surface area (Å²) in [6, 6.07) is 15.1. The maximum atomic E-state index is 12.2. The number of ketones is 1. The third-order valence-corrected chi connectivity index (χ3v) is 4.64. The number of carbonyl (C=O) groups excluding carboxylic acids is 3. The van der Waals surface area contributed by atoms with Crippen LogP contribution in [0.15, 0.2) is 54.6 Å². The topological polar surface area (TPSA) is 72.5 Å². The Morgan fingerprint density at radius 2 is 1.79 bits per heavy atom. The molecule has 1 amide bonds. The van der Waals surface area contributed by atoms with Gasteiger partial charge in [0.05, 0.1) is 6.42 Å². The zero-order chi connectivity index (χ0) is 19.8.